The molecular weight excluding hydrogens is 236 g/mol. The number of para-hydroxylation sites is 1. The molecule has 19 heavy (non-hydrogen) atoms. The van der Waals surface area contributed by atoms with Crippen molar-refractivity contribution in [3.8, 4) is 11.5 Å². The van der Waals surface area contributed by atoms with E-state index < -0.39 is 0 Å². The Labute approximate surface area is 114 Å². The quantitative estimate of drug-likeness (QED) is 0.912. The van der Waals surface area contributed by atoms with Crippen molar-refractivity contribution in [2.24, 2.45) is 5.73 Å². The van der Waals surface area contributed by atoms with E-state index in [1.165, 1.54) is 5.56 Å². The Bertz CT molecular complexity index is 559. The molecule has 0 bridgehead atoms. The van der Waals surface area contributed by atoms with Crippen LogP contribution in [0.25, 0.3) is 0 Å². The number of hydrogen-bond donors (Lipinski definition) is 1. The molecule has 3 heteroatoms. The van der Waals surface area contributed by atoms with Crippen LogP contribution in [0.4, 0.5) is 0 Å². The zero-order valence-corrected chi connectivity index (χ0v) is 11.7. The third-order valence-electron chi connectivity index (χ3n) is 2.99. The van der Waals surface area contributed by atoms with Gasteiger partial charge in [0.1, 0.15) is 11.5 Å². The third-order valence-corrected chi connectivity index (χ3v) is 2.99. The fourth-order valence-electron chi connectivity index (χ4n) is 1.96. The second kappa shape index (κ2) is 5.41. The first-order chi connectivity index (χ1) is 9.02. The van der Waals surface area contributed by atoms with Gasteiger partial charge >= 0.3 is 0 Å². The van der Waals surface area contributed by atoms with Crippen LogP contribution in [-0.2, 0) is 12.0 Å². The van der Waals surface area contributed by atoms with E-state index in [2.05, 4.69) is 31.8 Å². The Morgan fingerprint density at radius 2 is 1.84 bits per heavy atom. The summed E-state index contributed by atoms with van der Waals surface area (Å²) in [5, 5.41) is 0. The number of nitrogens with zero attached hydrogens (tertiary/aromatic N) is 1. The van der Waals surface area contributed by atoms with Gasteiger partial charge in [-0.1, -0.05) is 39.0 Å². The Morgan fingerprint density at radius 3 is 2.53 bits per heavy atom. The molecule has 1 aromatic carbocycles. The highest BCUT2D eigenvalue weighted by Crippen LogP contribution is 2.34. The van der Waals surface area contributed by atoms with E-state index >= 15 is 0 Å². The molecule has 0 unspecified atom stereocenters. The molecule has 0 saturated carbocycles. The van der Waals surface area contributed by atoms with Crippen LogP contribution in [0.5, 0.6) is 11.5 Å². The monoisotopic (exact) mass is 256 g/mol. The van der Waals surface area contributed by atoms with Gasteiger partial charge < -0.3 is 10.5 Å². The molecule has 0 radical (unpaired) electrons. The number of rotatable bonds is 3. The zero-order valence-electron chi connectivity index (χ0n) is 11.7. The van der Waals surface area contributed by atoms with Crippen molar-refractivity contribution in [3.63, 3.8) is 0 Å². The smallest absolute Gasteiger partial charge is 0.135 e. The molecule has 1 heterocycles. The lowest BCUT2D eigenvalue weighted by Gasteiger charge is -2.23. The molecule has 100 valence electrons. The summed E-state index contributed by atoms with van der Waals surface area (Å²) in [4.78, 5) is 4.07. The standard InChI is InChI=1S/C16H20N2O/c1-16(2,3)13-6-4-5-7-15(13)19-14-8-9-18-11-12(14)10-17/h4-9,11H,10,17H2,1-3H3. The Morgan fingerprint density at radius 1 is 1.11 bits per heavy atom. The molecule has 2 N–H and O–H groups in total. The SMILES string of the molecule is CC(C)(C)c1ccccc1Oc1ccncc1CN. The van der Waals surface area contributed by atoms with Crippen molar-refractivity contribution < 1.29 is 4.74 Å². The van der Waals surface area contributed by atoms with Crippen LogP contribution < -0.4 is 10.5 Å². The van der Waals surface area contributed by atoms with Crippen molar-refractivity contribution in [2.45, 2.75) is 32.7 Å². The number of hydrogen-bond acceptors (Lipinski definition) is 3. The minimum atomic E-state index is 0.0342. The lowest BCUT2D eigenvalue weighted by Crippen LogP contribution is -2.12. The third kappa shape index (κ3) is 3.12. The van der Waals surface area contributed by atoms with Crippen LogP contribution in [0.3, 0.4) is 0 Å². The predicted molar refractivity (Wildman–Crippen MR) is 77.3 cm³/mol. The molecular formula is C16H20N2O. The van der Waals surface area contributed by atoms with Crippen LogP contribution in [-0.4, -0.2) is 4.98 Å². The molecule has 0 spiro atoms. The van der Waals surface area contributed by atoms with Gasteiger partial charge in [-0.2, -0.15) is 0 Å². The number of aromatic nitrogens is 1. The fraction of sp³-hybridized carbons (Fsp3) is 0.312. The summed E-state index contributed by atoms with van der Waals surface area (Å²) in [7, 11) is 0. The van der Waals surface area contributed by atoms with Crippen LogP contribution in [0.2, 0.25) is 0 Å². The summed E-state index contributed by atoms with van der Waals surface area (Å²) in [5.74, 6) is 1.64. The minimum absolute atomic E-state index is 0.0342. The predicted octanol–water partition coefficient (Wildman–Crippen LogP) is 3.63. The summed E-state index contributed by atoms with van der Waals surface area (Å²) in [6.07, 6.45) is 3.46. The van der Waals surface area contributed by atoms with E-state index in [0.717, 1.165) is 17.1 Å². The molecule has 0 fully saturated rings. The molecule has 0 aliphatic heterocycles. The summed E-state index contributed by atoms with van der Waals surface area (Å²) < 4.78 is 6.04. The van der Waals surface area contributed by atoms with Crippen molar-refractivity contribution in [1.29, 1.82) is 0 Å². The molecule has 2 rings (SSSR count). The summed E-state index contributed by atoms with van der Waals surface area (Å²) in [5.41, 5.74) is 7.83. The van der Waals surface area contributed by atoms with Gasteiger partial charge in [0.2, 0.25) is 0 Å². The summed E-state index contributed by atoms with van der Waals surface area (Å²) in [6.45, 7) is 6.93. The first kappa shape index (κ1) is 13.6. The highest BCUT2D eigenvalue weighted by atomic mass is 16.5. The van der Waals surface area contributed by atoms with Gasteiger partial charge in [0, 0.05) is 30.1 Å². The van der Waals surface area contributed by atoms with Gasteiger partial charge in [0.25, 0.3) is 0 Å². The maximum atomic E-state index is 6.04. The maximum Gasteiger partial charge on any atom is 0.135 e. The number of pyridine rings is 1. The van der Waals surface area contributed by atoms with Gasteiger partial charge in [-0.15, -0.1) is 0 Å². The topological polar surface area (TPSA) is 48.1 Å². The highest BCUT2D eigenvalue weighted by Gasteiger charge is 2.19. The normalized spacial score (nSPS) is 11.4. The van der Waals surface area contributed by atoms with E-state index in [4.69, 9.17) is 10.5 Å². The first-order valence-corrected chi connectivity index (χ1v) is 6.42. The number of ether oxygens (including phenoxy) is 1. The molecule has 0 atom stereocenters. The molecule has 0 amide bonds. The fourth-order valence-corrected chi connectivity index (χ4v) is 1.96. The molecule has 0 aliphatic rings. The van der Waals surface area contributed by atoms with Gasteiger partial charge in [0.15, 0.2) is 0 Å². The summed E-state index contributed by atoms with van der Waals surface area (Å²) >= 11 is 0. The highest BCUT2D eigenvalue weighted by molar-refractivity contribution is 5.43. The lowest BCUT2D eigenvalue weighted by molar-refractivity contribution is 0.450. The van der Waals surface area contributed by atoms with Gasteiger partial charge in [-0.25, -0.2) is 0 Å². The van der Waals surface area contributed by atoms with Crippen LogP contribution in [0, 0.1) is 0 Å². The van der Waals surface area contributed by atoms with Gasteiger partial charge in [-0.3, -0.25) is 4.98 Å². The van der Waals surface area contributed by atoms with E-state index in [1.54, 1.807) is 12.4 Å². The Kier molecular flexibility index (Phi) is 3.86. The second-order valence-electron chi connectivity index (χ2n) is 5.54. The van der Waals surface area contributed by atoms with Gasteiger partial charge in [-0.05, 0) is 17.5 Å². The van der Waals surface area contributed by atoms with Crippen LogP contribution >= 0.6 is 0 Å². The average molecular weight is 256 g/mol. The van der Waals surface area contributed by atoms with E-state index in [-0.39, 0.29) is 5.41 Å². The van der Waals surface area contributed by atoms with E-state index in [1.807, 2.05) is 24.3 Å². The molecule has 0 aliphatic carbocycles. The zero-order chi connectivity index (χ0) is 13.9. The Hall–Kier alpha value is -1.87. The van der Waals surface area contributed by atoms with Crippen LogP contribution in [0.1, 0.15) is 31.9 Å². The largest absolute Gasteiger partial charge is 0.457 e. The van der Waals surface area contributed by atoms with E-state index in [0.29, 0.717) is 6.54 Å². The maximum absolute atomic E-state index is 6.04. The van der Waals surface area contributed by atoms with Crippen molar-refractivity contribution in [3.05, 3.63) is 53.9 Å². The second-order valence-corrected chi connectivity index (χ2v) is 5.54. The summed E-state index contributed by atoms with van der Waals surface area (Å²) in [6, 6.07) is 9.94. The Balaban J connectivity index is 2.39. The minimum Gasteiger partial charge on any atom is -0.457 e. The van der Waals surface area contributed by atoms with E-state index in [9.17, 15) is 0 Å². The van der Waals surface area contributed by atoms with Crippen molar-refractivity contribution in [1.82, 2.24) is 4.98 Å². The molecule has 0 saturated heterocycles. The van der Waals surface area contributed by atoms with Crippen LogP contribution in [0.15, 0.2) is 42.7 Å². The molecule has 3 nitrogen and oxygen atoms in total. The number of nitrogens with two attached hydrogens (primary N) is 1. The first-order valence-electron chi connectivity index (χ1n) is 6.42. The van der Waals surface area contributed by atoms with Crippen molar-refractivity contribution >= 4 is 0 Å². The average Bonchev–Trinajstić information content (AvgIpc) is 2.39. The number of benzene rings is 1. The molecule has 2 aromatic rings. The molecule has 1 aromatic heterocycles. The lowest BCUT2D eigenvalue weighted by atomic mass is 9.86. The van der Waals surface area contributed by atoms with Crippen molar-refractivity contribution in [2.75, 3.05) is 0 Å². The van der Waals surface area contributed by atoms with Gasteiger partial charge in [0.05, 0.1) is 0 Å².